The molecule has 4 nitrogen and oxygen atoms in total. The van der Waals surface area contributed by atoms with Gasteiger partial charge in [0, 0.05) is 0 Å². The summed E-state index contributed by atoms with van der Waals surface area (Å²) in [5, 5.41) is 4.80. The van der Waals surface area contributed by atoms with E-state index in [9.17, 15) is 18.0 Å². The molecule has 1 aliphatic rings. The lowest BCUT2D eigenvalue weighted by Crippen LogP contribution is -2.34. The zero-order chi connectivity index (χ0) is 12.0. The second-order valence-electron chi connectivity index (χ2n) is 3.75. The fraction of sp³-hybridized carbons (Fsp3) is 0.889. The molecule has 94 valence electrons. The summed E-state index contributed by atoms with van der Waals surface area (Å²) in [6, 6.07) is 0. The average Bonchev–Trinajstić information content (AvgIpc) is 2.66. The Hall–Kier alpha value is -0.980. The molecular weight excluding hydrogens is 225 g/mol. The third kappa shape index (κ3) is 5.79. The van der Waals surface area contributed by atoms with Gasteiger partial charge in [0.05, 0.1) is 6.61 Å². The van der Waals surface area contributed by atoms with Crippen molar-refractivity contribution < 1.29 is 22.7 Å². The highest BCUT2D eigenvalue weighted by Crippen LogP contribution is 2.13. The Morgan fingerprint density at radius 2 is 2.25 bits per heavy atom. The number of hydrogen-bond donors (Lipinski definition) is 2. The number of amides is 1. The van der Waals surface area contributed by atoms with Crippen LogP contribution in [0.15, 0.2) is 0 Å². The Kier molecular flexibility index (Phi) is 4.85. The number of halogens is 3. The lowest BCUT2D eigenvalue weighted by atomic mass is 10.1. The summed E-state index contributed by atoms with van der Waals surface area (Å²) in [6.45, 7) is 0.644. The van der Waals surface area contributed by atoms with Gasteiger partial charge in [-0.3, -0.25) is 0 Å². The van der Waals surface area contributed by atoms with Gasteiger partial charge in [-0.1, -0.05) is 0 Å². The second kappa shape index (κ2) is 5.93. The molecule has 1 saturated heterocycles. The maximum atomic E-state index is 11.7. The zero-order valence-electron chi connectivity index (χ0n) is 8.77. The first kappa shape index (κ1) is 13.1. The van der Waals surface area contributed by atoms with Crippen molar-refractivity contribution in [2.24, 2.45) is 5.92 Å². The highest BCUT2D eigenvalue weighted by Gasteiger charge is 2.28. The van der Waals surface area contributed by atoms with Crippen molar-refractivity contribution in [2.45, 2.75) is 19.0 Å². The van der Waals surface area contributed by atoms with Gasteiger partial charge in [0.1, 0.15) is 6.54 Å². The van der Waals surface area contributed by atoms with E-state index in [1.165, 1.54) is 0 Å². The number of carbonyl (C=O) groups is 1. The van der Waals surface area contributed by atoms with E-state index >= 15 is 0 Å². The molecule has 0 aliphatic carbocycles. The van der Waals surface area contributed by atoms with Crippen LogP contribution in [-0.2, 0) is 4.74 Å². The van der Waals surface area contributed by atoms with E-state index in [0.29, 0.717) is 12.3 Å². The molecule has 16 heavy (non-hydrogen) atoms. The molecule has 7 heteroatoms. The van der Waals surface area contributed by atoms with Gasteiger partial charge in [0.25, 0.3) is 0 Å². The second-order valence-corrected chi connectivity index (χ2v) is 3.75. The number of carbonyl (C=O) groups excluding carboxylic acids is 1. The summed E-state index contributed by atoms with van der Waals surface area (Å²) in [6.07, 6.45) is -3.70. The molecule has 0 aromatic rings. The molecule has 1 unspecified atom stereocenters. The van der Waals surface area contributed by atoms with Crippen molar-refractivity contribution >= 4 is 6.09 Å². The van der Waals surface area contributed by atoms with Gasteiger partial charge in [-0.25, -0.2) is 4.79 Å². The molecule has 1 rings (SSSR count). The molecule has 2 N–H and O–H groups in total. The van der Waals surface area contributed by atoms with Crippen LogP contribution in [0.25, 0.3) is 0 Å². The number of nitrogens with one attached hydrogen (secondary N) is 2. The van der Waals surface area contributed by atoms with Crippen molar-refractivity contribution in [3.05, 3.63) is 0 Å². The minimum Gasteiger partial charge on any atom is -0.450 e. The molecular formula is C9H15F3N2O2. The fourth-order valence-corrected chi connectivity index (χ4v) is 1.50. The number of alkyl halides is 3. The third-order valence-corrected chi connectivity index (χ3v) is 2.35. The first-order valence-electron chi connectivity index (χ1n) is 5.15. The number of ether oxygens (including phenoxy) is 1. The van der Waals surface area contributed by atoms with E-state index in [-0.39, 0.29) is 6.61 Å². The van der Waals surface area contributed by atoms with E-state index in [2.05, 4.69) is 10.1 Å². The molecule has 0 radical (unpaired) electrons. The topological polar surface area (TPSA) is 50.4 Å². The molecule has 0 saturated carbocycles. The summed E-state index contributed by atoms with van der Waals surface area (Å²) in [5.74, 6) is 0.454. The van der Waals surface area contributed by atoms with Crippen LogP contribution in [-0.4, -0.2) is 38.5 Å². The van der Waals surface area contributed by atoms with E-state index < -0.39 is 18.8 Å². The Bertz CT molecular complexity index is 227. The standard InChI is InChI=1S/C9H15F3N2O2/c10-9(11,12)6-14-8(15)16-4-2-7-1-3-13-5-7/h7,13H,1-6H2,(H,14,15). The van der Waals surface area contributed by atoms with Crippen LogP contribution >= 0.6 is 0 Å². The molecule has 1 atom stereocenters. The monoisotopic (exact) mass is 240 g/mol. The maximum absolute atomic E-state index is 11.7. The maximum Gasteiger partial charge on any atom is 0.407 e. The summed E-state index contributed by atoms with van der Waals surface area (Å²) in [5.41, 5.74) is 0. The lowest BCUT2D eigenvalue weighted by molar-refractivity contribution is -0.123. The molecule has 0 aromatic carbocycles. The summed E-state index contributed by atoms with van der Waals surface area (Å²) < 4.78 is 39.7. The largest absolute Gasteiger partial charge is 0.450 e. The molecule has 1 heterocycles. The van der Waals surface area contributed by atoms with Crippen molar-refractivity contribution in [1.82, 2.24) is 10.6 Å². The van der Waals surface area contributed by atoms with Gasteiger partial charge >= 0.3 is 12.3 Å². The van der Waals surface area contributed by atoms with Gasteiger partial charge in [0.2, 0.25) is 0 Å². The minimum absolute atomic E-state index is 0.163. The van der Waals surface area contributed by atoms with E-state index in [1.54, 1.807) is 5.32 Å². The molecule has 1 fully saturated rings. The number of rotatable bonds is 4. The van der Waals surface area contributed by atoms with Crippen LogP contribution in [0.5, 0.6) is 0 Å². The van der Waals surface area contributed by atoms with Gasteiger partial charge in [-0.2, -0.15) is 13.2 Å². The Labute approximate surface area is 91.5 Å². The molecule has 1 aliphatic heterocycles. The normalized spacial score (nSPS) is 20.8. The first-order valence-corrected chi connectivity index (χ1v) is 5.15. The van der Waals surface area contributed by atoms with Crippen LogP contribution in [0.3, 0.4) is 0 Å². The summed E-state index contributed by atoms with van der Waals surface area (Å²) in [4.78, 5) is 10.8. The van der Waals surface area contributed by atoms with Crippen LogP contribution < -0.4 is 10.6 Å². The molecule has 0 bridgehead atoms. The van der Waals surface area contributed by atoms with Crippen LogP contribution in [0, 0.1) is 5.92 Å². The van der Waals surface area contributed by atoms with E-state index in [0.717, 1.165) is 19.5 Å². The van der Waals surface area contributed by atoms with Gasteiger partial charge in [0.15, 0.2) is 0 Å². The van der Waals surface area contributed by atoms with E-state index in [1.807, 2.05) is 0 Å². The van der Waals surface area contributed by atoms with Crippen molar-refractivity contribution in [1.29, 1.82) is 0 Å². The minimum atomic E-state index is -4.39. The smallest absolute Gasteiger partial charge is 0.407 e. The summed E-state index contributed by atoms with van der Waals surface area (Å²) in [7, 11) is 0. The van der Waals surface area contributed by atoms with Crippen molar-refractivity contribution in [3.8, 4) is 0 Å². The van der Waals surface area contributed by atoms with Crippen molar-refractivity contribution in [3.63, 3.8) is 0 Å². The van der Waals surface area contributed by atoms with E-state index in [4.69, 9.17) is 0 Å². The quantitative estimate of drug-likeness (QED) is 0.778. The zero-order valence-corrected chi connectivity index (χ0v) is 8.77. The van der Waals surface area contributed by atoms with Crippen LogP contribution in [0.1, 0.15) is 12.8 Å². The molecule has 0 spiro atoms. The fourth-order valence-electron chi connectivity index (χ4n) is 1.50. The predicted molar refractivity (Wildman–Crippen MR) is 51.0 cm³/mol. The summed E-state index contributed by atoms with van der Waals surface area (Å²) >= 11 is 0. The van der Waals surface area contributed by atoms with Gasteiger partial charge in [-0.05, 0) is 31.8 Å². The Balaban J connectivity index is 2.01. The predicted octanol–water partition coefficient (Wildman–Crippen LogP) is 1.27. The highest BCUT2D eigenvalue weighted by molar-refractivity contribution is 5.67. The number of hydrogen-bond acceptors (Lipinski definition) is 3. The third-order valence-electron chi connectivity index (χ3n) is 2.35. The Morgan fingerprint density at radius 1 is 1.50 bits per heavy atom. The van der Waals surface area contributed by atoms with Gasteiger partial charge < -0.3 is 15.4 Å². The SMILES string of the molecule is O=C(NCC(F)(F)F)OCCC1CCNC1. The highest BCUT2D eigenvalue weighted by atomic mass is 19.4. The van der Waals surface area contributed by atoms with Crippen LogP contribution in [0.2, 0.25) is 0 Å². The lowest BCUT2D eigenvalue weighted by Gasteiger charge is -2.11. The first-order chi connectivity index (χ1) is 7.47. The van der Waals surface area contributed by atoms with Crippen LogP contribution in [0.4, 0.5) is 18.0 Å². The molecule has 1 amide bonds. The number of alkyl carbamates (subject to hydrolysis) is 1. The Morgan fingerprint density at radius 3 is 2.81 bits per heavy atom. The molecule has 0 aromatic heterocycles. The van der Waals surface area contributed by atoms with Crippen molar-refractivity contribution in [2.75, 3.05) is 26.2 Å². The van der Waals surface area contributed by atoms with Gasteiger partial charge in [-0.15, -0.1) is 0 Å². The average molecular weight is 240 g/mol.